The van der Waals surface area contributed by atoms with Gasteiger partial charge in [0.05, 0.1) is 0 Å². The summed E-state index contributed by atoms with van der Waals surface area (Å²) in [4.78, 5) is 19.2. The van der Waals surface area contributed by atoms with Gasteiger partial charge in [-0.1, -0.05) is 0 Å². The number of ether oxygens (including phenoxy) is 2. The molecule has 0 amide bonds. The average molecular weight is 220 g/mol. The lowest BCUT2D eigenvalue weighted by Gasteiger charge is -2.07. The molecule has 0 radical (unpaired) electrons. The first-order valence-electron chi connectivity index (χ1n) is 5.22. The summed E-state index contributed by atoms with van der Waals surface area (Å²) in [6, 6.07) is 0. The smallest absolute Gasteiger partial charge is 0.194 e. The van der Waals surface area contributed by atoms with E-state index in [4.69, 9.17) is 24.1 Å². The van der Waals surface area contributed by atoms with Crippen LogP contribution in [-0.2, 0) is 29.0 Å². The monoisotopic (exact) mass is 220 g/mol. The third-order valence-electron chi connectivity index (χ3n) is 2.25. The van der Waals surface area contributed by atoms with Crippen LogP contribution in [0.3, 0.4) is 0 Å². The summed E-state index contributed by atoms with van der Waals surface area (Å²) in [5.41, 5.74) is 0. The SMILES string of the molecule is CC1OOC(CCCCC2OCOO2)O1. The van der Waals surface area contributed by atoms with Gasteiger partial charge in [-0.15, -0.1) is 0 Å². The van der Waals surface area contributed by atoms with Gasteiger partial charge in [0.2, 0.25) is 0 Å². The zero-order chi connectivity index (χ0) is 10.5. The number of hydrogen-bond donors (Lipinski definition) is 0. The van der Waals surface area contributed by atoms with Crippen molar-refractivity contribution in [1.82, 2.24) is 0 Å². The molecule has 6 nitrogen and oxygen atoms in total. The molecule has 0 N–H and O–H groups in total. The Balaban J connectivity index is 1.48. The number of rotatable bonds is 5. The van der Waals surface area contributed by atoms with Gasteiger partial charge in [0.15, 0.2) is 25.7 Å². The highest BCUT2D eigenvalue weighted by Crippen LogP contribution is 2.19. The normalized spacial score (nSPS) is 36.2. The van der Waals surface area contributed by atoms with Crippen molar-refractivity contribution < 1.29 is 29.0 Å². The third-order valence-corrected chi connectivity index (χ3v) is 2.25. The Bertz CT molecular complexity index is 181. The maximum atomic E-state index is 5.30. The van der Waals surface area contributed by atoms with Crippen LogP contribution in [0.5, 0.6) is 0 Å². The Kier molecular flexibility index (Phi) is 4.30. The van der Waals surface area contributed by atoms with E-state index in [0.29, 0.717) is 0 Å². The highest BCUT2D eigenvalue weighted by molar-refractivity contribution is 4.52. The highest BCUT2D eigenvalue weighted by Gasteiger charge is 2.24. The second kappa shape index (κ2) is 5.74. The van der Waals surface area contributed by atoms with E-state index < -0.39 is 0 Å². The van der Waals surface area contributed by atoms with Crippen LogP contribution in [-0.4, -0.2) is 25.7 Å². The van der Waals surface area contributed by atoms with Crippen LogP contribution in [0, 0.1) is 0 Å². The molecule has 0 bridgehead atoms. The van der Waals surface area contributed by atoms with Crippen molar-refractivity contribution in [2.24, 2.45) is 0 Å². The van der Waals surface area contributed by atoms with Crippen molar-refractivity contribution in [1.29, 1.82) is 0 Å². The van der Waals surface area contributed by atoms with Crippen LogP contribution in [0.4, 0.5) is 0 Å². The Morgan fingerprint density at radius 1 is 1.00 bits per heavy atom. The predicted octanol–water partition coefficient (Wildman–Crippen LogP) is 1.46. The van der Waals surface area contributed by atoms with Crippen LogP contribution >= 0.6 is 0 Å². The Hall–Kier alpha value is -0.240. The largest absolute Gasteiger partial charge is 0.320 e. The van der Waals surface area contributed by atoms with E-state index in [9.17, 15) is 0 Å². The van der Waals surface area contributed by atoms with Gasteiger partial charge in [0.1, 0.15) is 0 Å². The highest BCUT2D eigenvalue weighted by atomic mass is 17.3. The van der Waals surface area contributed by atoms with E-state index in [1.54, 1.807) is 6.92 Å². The molecule has 0 spiro atoms. The number of unbranched alkanes of at least 4 members (excludes halogenated alkanes) is 1. The molecule has 88 valence electrons. The third kappa shape index (κ3) is 3.67. The molecular weight excluding hydrogens is 204 g/mol. The summed E-state index contributed by atoms with van der Waals surface area (Å²) in [6.07, 6.45) is 2.88. The lowest BCUT2D eigenvalue weighted by Crippen LogP contribution is -2.10. The molecule has 0 aromatic rings. The lowest BCUT2D eigenvalue weighted by atomic mass is 10.2. The van der Waals surface area contributed by atoms with Crippen LogP contribution in [0.15, 0.2) is 0 Å². The first-order valence-corrected chi connectivity index (χ1v) is 5.22. The topological polar surface area (TPSA) is 55.4 Å². The molecule has 0 aliphatic carbocycles. The van der Waals surface area contributed by atoms with Crippen molar-refractivity contribution in [3.05, 3.63) is 0 Å². The first-order chi connectivity index (χ1) is 7.34. The minimum atomic E-state index is -0.259. The van der Waals surface area contributed by atoms with Crippen molar-refractivity contribution in [2.75, 3.05) is 6.79 Å². The summed E-state index contributed by atoms with van der Waals surface area (Å²) < 4.78 is 10.4. The van der Waals surface area contributed by atoms with Crippen LogP contribution in [0.2, 0.25) is 0 Å². The summed E-state index contributed by atoms with van der Waals surface area (Å²) in [7, 11) is 0. The van der Waals surface area contributed by atoms with Crippen molar-refractivity contribution in [3.8, 4) is 0 Å². The van der Waals surface area contributed by atoms with Gasteiger partial charge in [-0.05, 0) is 19.8 Å². The lowest BCUT2D eigenvalue weighted by molar-refractivity contribution is -0.294. The van der Waals surface area contributed by atoms with Crippen LogP contribution in [0.1, 0.15) is 32.6 Å². The fourth-order valence-corrected chi connectivity index (χ4v) is 1.50. The van der Waals surface area contributed by atoms with E-state index in [1.165, 1.54) is 0 Å². The standard InChI is InChI=1S/C9H16O6/c1-7-12-9(15-13-7)5-3-2-4-8-10-6-11-14-8/h7-9H,2-6H2,1H3. The molecular formula is C9H16O6. The van der Waals surface area contributed by atoms with Crippen molar-refractivity contribution in [2.45, 2.75) is 51.5 Å². The zero-order valence-corrected chi connectivity index (χ0v) is 8.72. The molecule has 2 fully saturated rings. The Morgan fingerprint density at radius 3 is 2.40 bits per heavy atom. The van der Waals surface area contributed by atoms with E-state index in [1.807, 2.05) is 0 Å². The molecule has 6 heteroatoms. The molecule has 0 aromatic heterocycles. The average Bonchev–Trinajstić information content (AvgIpc) is 2.84. The molecule has 2 heterocycles. The minimum absolute atomic E-state index is 0.217. The maximum Gasteiger partial charge on any atom is 0.194 e. The summed E-state index contributed by atoms with van der Waals surface area (Å²) in [5, 5.41) is 0. The summed E-state index contributed by atoms with van der Waals surface area (Å²) in [6.45, 7) is 2.03. The van der Waals surface area contributed by atoms with E-state index in [2.05, 4.69) is 4.89 Å². The summed E-state index contributed by atoms with van der Waals surface area (Å²) >= 11 is 0. The van der Waals surface area contributed by atoms with Crippen molar-refractivity contribution >= 4 is 0 Å². The quantitative estimate of drug-likeness (QED) is 0.516. The van der Waals surface area contributed by atoms with Gasteiger partial charge in [-0.25, -0.2) is 19.6 Å². The van der Waals surface area contributed by atoms with Gasteiger partial charge in [-0.2, -0.15) is 0 Å². The van der Waals surface area contributed by atoms with Gasteiger partial charge in [-0.3, -0.25) is 0 Å². The van der Waals surface area contributed by atoms with E-state index in [0.717, 1.165) is 25.7 Å². The van der Waals surface area contributed by atoms with Gasteiger partial charge >= 0.3 is 0 Å². The van der Waals surface area contributed by atoms with Crippen LogP contribution < -0.4 is 0 Å². The van der Waals surface area contributed by atoms with E-state index in [-0.39, 0.29) is 25.7 Å². The Labute approximate surface area is 88.2 Å². The predicted molar refractivity (Wildman–Crippen MR) is 46.9 cm³/mol. The fourth-order valence-electron chi connectivity index (χ4n) is 1.50. The Morgan fingerprint density at radius 2 is 1.80 bits per heavy atom. The molecule has 2 aliphatic heterocycles. The van der Waals surface area contributed by atoms with E-state index >= 15 is 0 Å². The molecule has 15 heavy (non-hydrogen) atoms. The second-order valence-corrected chi connectivity index (χ2v) is 3.54. The molecule has 2 aliphatic rings. The van der Waals surface area contributed by atoms with Crippen molar-refractivity contribution in [3.63, 3.8) is 0 Å². The molecule has 0 saturated carbocycles. The molecule has 2 rings (SSSR count). The number of hydrogen-bond acceptors (Lipinski definition) is 6. The molecule has 3 unspecified atom stereocenters. The molecule has 2 saturated heterocycles. The van der Waals surface area contributed by atoms with Gasteiger partial charge in [0, 0.05) is 12.8 Å². The zero-order valence-electron chi connectivity index (χ0n) is 8.72. The fraction of sp³-hybridized carbons (Fsp3) is 1.00. The van der Waals surface area contributed by atoms with Gasteiger partial charge in [0.25, 0.3) is 0 Å². The first kappa shape index (κ1) is 11.3. The van der Waals surface area contributed by atoms with Gasteiger partial charge < -0.3 is 9.47 Å². The minimum Gasteiger partial charge on any atom is -0.320 e. The second-order valence-electron chi connectivity index (χ2n) is 3.54. The summed E-state index contributed by atoms with van der Waals surface area (Å²) in [5.74, 6) is 0. The molecule has 3 atom stereocenters. The van der Waals surface area contributed by atoms with Crippen LogP contribution in [0.25, 0.3) is 0 Å². The molecule has 0 aromatic carbocycles. The maximum absolute atomic E-state index is 5.30.